The first-order valence-corrected chi connectivity index (χ1v) is 5.74. The van der Waals surface area contributed by atoms with E-state index >= 15 is 0 Å². The van der Waals surface area contributed by atoms with Crippen molar-refractivity contribution in [2.24, 2.45) is 0 Å². The molecule has 19 heavy (non-hydrogen) atoms. The van der Waals surface area contributed by atoms with Gasteiger partial charge in [0.15, 0.2) is 0 Å². The van der Waals surface area contributed by atoms with Gasteiger partial charge in [-0.2, -0.15) is 5.26 Å². The lowest BCUT2D eigenvalue weighted by Crippen LogP contribution is -2.00. The summed E-state index contributed by atoms with van der Waals surface area (Å²) >= 11 is 5.89. The maximum absolute atomic E-state index is 10.7. The van der Waals surface area contributed by atoms with Crippen molar-refractivity contribution in [3.05, 3.63) is 52.4 Å². The zero-order valence-corrected chi connectivity index (χ0v) is 10.4. The van der Waals surface area contributed by atoms with Crippen LogP contribution in [0.3, 0.4) is 0 Å². The molecule has 0 aliphatic heterocycles. The second-order valence-corrected chi connectivity index (χ2v) is 4.11. The number of aromatic carboxylic acids is 1. The lowest BCUT2D eigenvalue weighted by atomic mass is 10.2. The average molecular weight is 277 g/mol. The van der Waals surface area contributed by atoms with E-state index in [4.69, 9.17) is 26.4 Å². The van der Waals surface area contributed by atoms with Crippen molar-refractivity contribution in [1.82, 2.24) is 0 Å². The van der Waals surface area contributed by atoms with E-state index in [1.54, 1.807) is 24.3 Å². The maximum Gasteiger partial charge on any atom is 0.371 e. The number of rotatable bonds is 4. The minimum Gasteiger partial charge on any atom is -0.475 e. The first-order chi connectivity index (χ1) is 9.11. The number of nitrogens with one attached hydrogen (secondary N) is 1. The minimum absolute atomic E-state index is 0.122. The Morgan fingerprint density at radius 3 is 2.84 bits per heavy atom. The molecule has 0 saturated carbocycles. The molecule has 0 bridgehead atoms. The fourth-order valence-electron chi connectivity index (χ4n) is 1.56. The van der Waals surface area contributed by atoms with Gasteiger partial charge in [-0.05, 0) is 24.3 Å². The number of nitriles is 1. The van der Waals surface area contributed by atoms with Gasteiger partial charge in [-0.15, -0.1) is 0 Å². The van der Waals surface area contributed by atoms with E-state index in [2.05, 4.69) is 5.32 Å². The Kier molecular flexibility index (Phi) is 3.74. The Labute approximate surface area is 114 Å². The molecule has 0 unspecified atom stereocenters. The molecule has 0 spiro atoms. The lowest BCUT2D eigenvalue weighted by molar-refractivity contribution is 0.0660. The summed E-state index contributed by atoms with van der Waals surface area (Å²) in [6.45, 7) is 0.266. The Morgan fingerprint density at radius 2 is 2.21 bits per heavy atom. The zero-order chi connectivity index (χ0) is 13.8. The molecule has 0 radical (unpaired) electrons. The number of nitrogens with zero attached hydrogens (tertiary/aromatic N) is 1. The number of carboxylic acid groups (broad SMARTS) is 1. The Hall–Kier alpha value is -2.45. The molecule has 0 aliphatic rings. The molecule has 2 N–H and O–H groups in total. The van der Waals surface area contributed by atoms with Crippen molar-refractivity contribution >= 4 is 23.3 Å². The lowest BCUT2D eigenvalue weighted by Gasteiger charge is -2.07. The van der Waals surface area contributed by atoms with Gasteiger partial charge in [-0.3, -0.25) is 0 Å². The summed E-state index contributed by atoms with van der Waals surface area (Å²) in [5.74, 6) is -0.781. The van der Waals surface area contributed by atoms with Gasteiger partial charge in [-0.25, -0.2) is 4.79 Å². The topological polar surface area (TPSA) is 86.3 Å². The highest BCUT2D eigenvalue weighted by atomic mass is 35.5. The summed E-state index contributed by atoms with van der Waals surface area (Å²) in [6.07, 6.45) is 0. The second kappa shape index (κ2) is 5.46. The van der Waals surface area contributed by atoms with Crippen LogP contribution in [0.4, 0.5) is 5.69 Å². The number of carboxylic acids is 1. The molecule has 2 rings (SSSR count). The van der Waals surface area contributed by atoms with Crippen LogP contribution >= 0.6 is 11.6 Å². The molecular weight excluding hydrogens is 268 g/mol. The van der Waals surface area contributed by atoms with Gasteiger partial charge in [0, 0.05) is 0 Å². The fraction of sp³-hybridized carbons (Fsp3) is 0.0769. The summed E-state index contributed by atoms with van der Waals surface area (Å²) < 4.78 is 5.09. The molecular formula is C13H9ClN2O3. The largest absolute Gasteiger partial charge is 0.475 e. The van der Waals surface area contributed by atoms with E-state index < -0.39 is 5.97 Å². The summed E-state index contributed by atoms with van der Waals surface area (Å²) in [6, 6.07) is 10.0. The summed E-state index contributed by atoms with van der Waals surface area (Å²) in [5, 5.41) is 21.1. The van der Waals surface area contributed by atoms with Gasteiger partial charge in [-0.1, -0.05) is 17.7 Å². The standard InChI is InChI=1S/C13H9ClN2O3/c14-10-2-1-3-11(9(10)6-15)16-7-8-4-5-12(19-8)13(17)18/h1-5,16H,7H2,(H,17,18). The molecule has 0 atom stereocenters. The summed E-state index contributed by atoms with van der Waals surface area (Å²) in [7, 11) is 0. The van der Waals surface area contributed by atoms with Crippen molar-refractivity contribution < 1.29 is 14.3 Å². The molecule has 0 saturated heterocycles. The van der Waals surface area contributed by atoms with Crippen molar-refractivity contribution in [1.29, 1.82) is 5.26 Å². The summed E-state index contributed by atoms with van der Waals surface area (Å²) in [5.41, 5.74) is 0.914. The van der Waals surface area contributed by atoms with E-state index in [1.165, 1.54) is 6.07 Å². The Balaban J connectivity index is 2.12. The third-order valence-corrected chi connectivity index (χ3v) is 2.77. The molecule has 2 aromatic rings. The molecule has 1 heterocycles. The predicted molar refractivity (Wildman–Crippen MR) is 69.2 cm³/mol. The molecule has 5 nitrogen and oxygen atoms in total. The third-order valence-electron chi connectivity index (χ3n) is 2.45. The number of anilines is 1. The normalized spacial score (nSPS) is 9.89. The quantitative estimate of drug-likeness (QED) is 0.896. The van der Waals surface area contributed by atoms with Crippen LogP contribution in [0.25, 0.3) is 0 Å². The maximum atomic E-state index is 10.7. The number of hydrogen-bond donors (Lipinski definition) is 2. The van der Waals surface area contributed by atoms with Crippen LogP contribution in [0.5, 0.6) is 0 Å². The number of hydrogen-bond acceptors (Lipinski definition) is 4. The van der Waals surface area contributed by atoms with Gasteiger partial charge >= 0.3 is 5.97 Å². The highest BCUT2D eigenvalue weighted by Gasteiger charge is 2.10. The number of furan rings is 1. The van der Waals surface area contributed by atoms with Gasteiger partial charge in [0.2, 0.25) is 5.76 Å². The summed E-state index contributed by atoms with van der Waals surface area (Å²) in [4.78, 5) is 10.7. The van der Waals surface area contributed by atoms with Crippen LogP contribution in [0.2, 0.25) is 5.02 Å². The SMILES string of the molecule is N#Cc1c(Cl)cccc1NCc1ccc(C(=O)O)o1. The second-order valence-electron chi connectivity index (χ2n) is 3.70. The monoisotopic (exact) mass is 276 g/mol. The molecule has 6 heteroatoms. The first kappa shape index (κ1) is 13.0. The predicted octanol–water partition coefficient (Wildman–Crippen LogP) is 3.11. The minimum atomic E-state index is -1.12. The van der Waals surface area contributed by atoms with Crippen molar-refractivity contribution in [2.45, 2.75) is 6.54 Å². The van der Waals surface area contributed by atoms with E-state index in [1.807, 2.05) is 6.07 Å². The van der Waals surface area contributed by atoms with Crippen LogP contribution in [0.15, 0.2) is 34.7 Å². The molecule has 0 aliphatic carbocycles. The Bertz CT molecular complexity index is 658. The van der Waals surface area contributed by atoms with Crippen molar-refractivity contribution in [3.8, 4) is 6.07 Å². The zero-order valence-electron chi connectivity index (χ0n) is 9.68. The number of carbonyl (C=O) groups is 1. The van der Waals surface area contributed by atoms with Crippen LogP contribution in [-0.2, 0) is 6.54 Å². The molecule has 1 aromatic carbocycles. The fourth-order valence-corrected chi connectivity index (χ4v) is 1.77. The third kappa shape index (κ3) is 2.87. The van der Waals surface area contributed by atoms with Gasteiger partial charge in [0.25, 0.3) is 0 Å². The average Bonchev–Trinajstić information content (AvgIpc) is 2.85. The van der Waals surface area contributed by atoms with E-state index in [0.29, 0.717) is 22.0 Å². The smallest absolute Gasteiger partial charge is 0.371 e. The number of benzene rings is 1. The molecule has 96 valence electrons. The van der Waals surface area contributed by atoms with Gasteiger partial charge in [0.05, 0.1) is 22.8 Å². The highest BCUT2D eigenvalue weighted by molar-refractivity contribution is 6.32. The van der Waals surface area contributed by atoms with E-state index in [-0.39, 0.29) is 12.3 Å². The molecule has 0 fully saturated rings. The van der Waals surface area contributed by atoms with Gasteiger partial charge in [0.1, 0.15) is 11.8 Å². The van der Waals surface area contributed by atoms with Crippen molar-refractivity contribution in [3.63, 3.8) is 0 Å². The van der Waals surface area contributed by atoms with Crippen LogP contribution in [-0.4, -0.2) is 11.1 Å². The van der Waals surface area contributed by atoms with Crippen LogP contribution < -0.4 is 5.32 Å². The van der Waals surface area contributed by atoms with Crippen LogP contribution in [0.1, 0.15) is 21.9 Å². The van der Waals surface area contributed by atoms with Crippen molar-refractivity contribution in [2.75, 3.05) is 5.32 Å². The first-order valence-electron chi connectivity index (χ1n) is 5.36. The van der Waals surface area contributed by atoms with Gasteiger partial charge < -0.3 is 14.8 Å². The van der Waals surface area contributed by atoms with E-state index in [9.17, 15) is 4.79 Å². The molecule has 0 amide bonds. The number of halogens is 1. The highest BCUT2D eigenvalue weighted by Crippen LogP contribution is 2.23. The Morgan fingerprint density at radius 1 is 1.42 bits per heavy atom. The van der Waals surface area contributed by atoms with Crippen LogP contribution in [0, 0.1) is 11.3 Å². The van der Waals surface area contributed by atoms with E-state index in [0.717, 1.165) is 0 Å². The molecule has 1 aromatic heterocycles.